The van der Waals surface area contributed by atoms with Crippen LogP contribution in [0.5, 0.6) is 0 Å². The second kappa shape index (κ2) is 5.39. The lowest BCUT2D eigenvalue weighted by atomic mass is 9.93. The van der Waals surface area contributed by atoms with Crippen LogP contribution in [0.2, 0.25) is 0 Å². The van der Waals surface area contributed by atoms with Crippen molar-refractivity contribution < 1.29 is 4.74 Å². The highest BCUT2D eigenvalue weighted by molar-refractivity contribution is 7.17. The van der Waals surface area contributed by atoms with Crippen molar-refractivity contribution in [1.29, 1.82) is 0 Å². The average molecular weight is 263 g/mol. The van der Waals surface area contributed by atoms with E-state index in [0.29, 0.717) is 6.61 Å². The number of rotatable bonds is 5. The van der Waals surface area contributed by atoms with Crippen LogP contribution in [-0.2, 0) is 11.2 Å². The molecule has 0 radical (unpaired) electrons. The van der Waals surface area contributed by atoms with Gasteiger partial charge in [0.15, 0.2) is 0 Å². The van der Waals surface area contributed by atoms with E-state index in [1.165, 1.54) is 15.6 Å². The number of thiophene rings is 1. The first kappa shape index (κ1) is 13.5. The fraction of sp³-hybridized carbons (Fsp3) is 0.467. The molecule has 0 aliphatic heterocycles. The molecule has 1 aromatic carbocycles. The zero-order valence-corrected chi connectivity index (χ0v) is 12.1. The monoisotopic (exact) mass is 263 g/mol. The van der Waals surface area contributed by atoms with Gasteiger partial charge in [-0.3, -0.25) is 0 Å². The summed E-state index contributed by atoms with van der Waals surface area (Å²) in [6.07, 6.45) is 0.858. The molecule has 1 aromatic heterocycles. The first-order chi connectivity index (χ1) is 8.54. The summed E-state index contributed by atoms with van der Waals surface area (Å²) in [7, 11) is 0. The molecule has 98 valence electrons. The van der Waals surface area contributed by atoms with E-state index in [1.807, 2.05) is 6.92 Å². The summed E-state index contributed by atoms with van der Waals surface area (Å²) in [5.41, 5.74) is 7.35. The molecule has 1 heterocycles. The van der Waals surface area contributed by atoms with Crippen LogP contribution in [0.25, 0.3) is 10.1 Å². The van der Waals surface area contributed by atoms with E-state index in [1.54, 1.807) is 11.3 Å². The van der Waals surface area contributed by atoms with Gasteiger partial charge in [-0.25, -0.2) is 0 Å². The van der Waals surface area contributed by atoms with Crippen LogP contribution in [0.4, 0.5) is 0 Å². The number of hydrogen-bond donors (Lipinski definition) is 1. The Morgan fingerprint density at radius 1 is 1.33 bits per heavy atom. The molecule has 0 amide bonds. The Morgan fingerprint density at radius 3 is 2.78 bits per heavy atom. The molecule has 2 N–H and O–H groups in total. The smallest absolute Gasteiger partial charge is 0.0779 e. The number of ether oxygens (including phenoxy) is 1. The molecule has 18 heavy (non-hydrogen) atoms. The topological polar surface area (TPSA) is 35.2 Å². The third-order valence-electron chi connectivity index (χ3n) is 3.41. The van der Waals surface area contributed by atoms with Crippen LogP contribution in [0.1, 0.15) is 26.3 Å². The first-order valence-electron chi connectivity index (χ1n) is 6.39. The Balaban J connectivity index is 2.19. The number of fused-ring (bicyclic) bond motifs is 1. The van der Waals surface area contributed by atoms with Crippen LogP contribution < -0.4 is 5.73 Å². The number of benzene rings is 1. The van der Waals surface area contributed by atoms with Crippen molar-refractivity contribution >= 4 is 21.4 Å². The van der Waals surface area contributed by atoms with E-state index in [4.69, 9.17) is 10.5 Å². The molecule has 0 aliphatic rings. The quantitative estimate of drug-likeness (QED) is 0.894. The Labute approximate surface area is 113 Å². The fourth-order valence-corrected chi connectivity index (χ4v) is 3.13. The highest BCUT2D eigenvalue weighted by Gasteiger charge is 2.27. The molecule has 0 saturated heterocycles. The van der Waals surface area contributed by atoms with Gasteiger partial charge < -0.3 is 10.5 Å². The van der Waals surface area contributed by atoms with Crippen molar-refractivity contribution in [2.75, 3.05) is 6.61 Å². The van der Waals surface area contributed by atoms with E-state index in [0.717, 1.165) is 6.42 Å². The van der Waals surface area contributed by atoms with Crippen LogP contribution >= 0.6 is 11.3 Å². The maximum absolute atomic E-state index is 6.30. The van der Waals surface area contributed by atoms with Gasteiger partial charge in [0.25, 0.3) is 0 Å². The van der Waals surface area contributed by atoms with Gasteiger partial charge >= 0.3 is 0 Å². The minimum atomic E-state index is -0.280. The van der Waals surface area contributed by atoms with Crippen molar-refractivity contribution in [2.24, 2.45) is 5.73 Å². The Bertz CT molecular complexity index is 518. The fourth-order valence-electron chi connectivity index (χ4n) is 2.15. The third kappa shape index (κ3) is 2.74. The summed E-state index contributed by atoms with van der Waals surface area (Å²) >= 11 is 1.78. The second-order valence-electron chi connectivity index (χ2n) is 5.10. The maximum atomic E-state index is 6.30. The molecule has 0 bridgehead atoms. The molecular formula is C15H21NOS. The standard InChI is InChI=1S/C15H21NOS/c1-4-17-15(2,3)14(16)9-11-10-18-13-8-6-5-7-12(11)13/h5-8,10,14H,4,9,16H2,1-3H3. The molecule has 0 aliphatic carbocycles. The zero-order valence-electron chi connectivity index (χ0n) is 11.3. The van der Waals surface area contributed by atoms with Crippen molar-refractivity contribution in [3.8, 4) is 0 Å². The summed E-state index contributed by atoms with van der Waals surface area (Å²) in [6.45, 7) is 6.84. The lowest BCUT2D eigenvalue weighted by Gasteiger charge is -2.31. The molecule has 2 nitrogen and oxygen atoms in total. The summed E-state index contributed by atoms with van der Waals surface area (Å²) in [4.78, 5) is 0. The molecule has 1 unspecified atom stereocenters. The van der Waals surface area contributed by atoms with Gasteiger partial charge in [0, 0.05) is 17.3 Å². The third-order valence-corrected chi connectivity index (χ3v) is 4.42. The van der Waals surface area contributed by atoms with Gasteiger partial charge in [0.2, 0.25) is 0 Å². The van der Waals surface area contributed by atoms with Crippen LogP contribution in [-0.4, -0.2) is 18.2 Å². The van der Waals surface area contributed by atoms with Crippen LogP contribution in [0, 0.1) is 0 Å². The summed E-state index contributed by atoms with van der Waals surface area (Å²) < 4.78 is 7.06. The average Bonchev–Trinajstić information content (AvgIpc) is 2.73. The van der Waals surface area contributed by atoms with Gasteiger partial charge in [-0.1, -0.05) is 18.2 Å². The van der Waals surface area contributed by atoms with Crippen molar-refractivity contribution in [3.05, 3.63) is 35.2 Å². The molecular weight excluding hydrogens is 242 g/mol. The summed E-state index contributed by atoms with van der Waals surface area (Å²) in [5.74, 6) is 0. The van der Waals surface area contributed by atoms with Crippen molar-refractivity contribution in [3.63, 3.8) is 0 Å². The van der Waals surface area contributed by atoms with Crippen molar-refractivity contribution in [2.45, 2.75) is 38.8 Å². The number of nitrogens with two attached hydrogens (primary N) is 1. The predicted octanol–water partition coefficient (Wildman–Crippen LogP) is 3.59. The number of hydrogen-bond acceptors (Lipinski definition) is 3. The molecule has 0 fully saturated rings. The normalized spacial score (nSPS) is 14.0. The Morgan fingerprint density at radius 2 is 2.06 bits per heavy atom. The van der Waals surface area contributed by atoms with E-state index in [2.05, 4.69) is 43.5 Å². The van der Waals surface area contributed by atoms with Gasteiger partial charge in [-0.15, -0.1) is 11.3 Å². The van der Waals surface area contributed by atoms with Crippen LogP contribution in [0.15, 0.2) is 29.6 Å². The second-order valence-corrected chi connectivity index (χ2v) is 6.02. The molecule has 2 rings (SSSR count). The SMILES string of the molecule is CCOC(C)(C)C(N)Cc1csc2ccccc12. The van der Waals surface area contributed by atoms with E-state index >= 15 is 0 Å². The first-order valence-corrected chi connectivity index (χ1v) is 7.27. The van der Waals surface area contributed by atoms with Gasteiger partial charge in [0.05, 0.1) is 5.60 Å². The predicted molar refractivity (Wildman–Crippen MR) is 79.2 cm³/mol. The minimum absolute atomic E-state index is 0.00968. The van der Waals surface area contributed by atoms with E-state index in [9.17, 15) is 0 Å². The summed E-state index contributed by atoms with van der Waals surface area (Å²) in [5, 5.41) is 3.54. The largest absolute Gasteiger partial charge is 0.374 e. The lowest BCUT2D eigenvalue weighted by molar-refractivity contribution is -0.0287. The lowest BCUT2D eigenvalue weighted by Crippen LogP contribution is -2.46. The highest BCUT2D eigenvalue weighted by Crippen LogP contribution is 2.28. The molecule has 1 atom stereocenters. The molecule has 0 spiro atoms. The van der Waals surface area contributed by atoms with Gasteiger partial charge in [-0.05, 0) is 49.6 Å². The molecule has 0 saturated carbocycles. The summed E-state index contributed by atoms with van der Waals surface area (Å²) in [6, 6.07) is 8.49. The van der Waals surface area contributed by atoms with Gasteiger partial charge in [0.1, 0.15) is 0 Å². The van der Waals surface area contributed by atoms with Gasteiger partial charge in [-0.2, -0.15) is 0 Å². The van der Waals surface area contributed by atoms with E-state index < -0.39 is 0 Å². The Hall–Kier alpha value is -0.900. The zero-order chi connectivity index (χ0) is 13.2. The van der Waals surface area contributed by atoms with Crippen LogP contribution in [0.3, 0.4) is 0 Å². The van der Waals surface area contributed by atoms with Crippen molar-refractivity contribution in [1.82, 2.24) is 0 Å². The Kier molecular flexibility index (Phi) is 4.05. The van der Waals surface area contributed by atoms with E-state index in [-0.39, 0.29) is 11.6 Å². The maximum Gasteiger partial charge on any atom is 0.0779 e. The highest BCUT2D eigenvalue weighted by atomic mass is 32.1. The minimum Gasteiger partial charge on any atom is -0.374 e. The molecule has 3 heteroatoms. The molecule has 2 aromatic rings.